The van der Waals surface area contributed by atoms with Gasteiger partial charge in [-0.3, -0.25) is 0 Å². The van der Waals surface area contributed by atoms with Crippen molar-refractivity contribution >= 4 is 5.97 Å². The molecule has 3 rings (SSSR count). The minimum Gasteiger partial charge on any atom is -0.497 e. The average Bonchev–Trinajstić information content (AvgIpc) is 3.27. The highest BCUT2D eigenvalue weighted by Crippen LogP contribution is 2.44. The van der Waals surface area contributed by atoms with Crippen LogP contribution in [0.15, 0.2) is 54.6 Å². The van der Waals surface area contributed by atoms with E-state index in [1.165, 1.54) is 0 Å². The summed E-state index contributed by atoms with van der Waals surface area (Å²) in [6, 6.07) is 12.9. The van der Waals surface area contributed by atoms with Gasteiger partial charge in [-0.25, -0.2) is 4.79 Å². The summed E-state index contributed by atoms with van der Waals surface area (Å²) in [7, 11) is 3.20. The maximum absolute atomic E-state index is 11.4. The average molecular weight is 414 g/mol. The Morgan fingerprint density at radius 2 is 1.67 bits per heavy atom. The Bertz CT molecular complexity index is 883. The lowest BCUT2D eigenvalue weighted by Gasteiger charge is -2.30. The van der Waals surface area contributed by atoms with Crippen molar-refractivity contribution in [3.63, 3.8) is 0 Å². The first-order chi connectivity index (χ1) is 14.5. The van der Waals surface area contributed by atoms with Crippen molar-refractivity contribution in [3.8, 4) is 17.2 Å². The molecule has 1 heterocycles. The molecule has 1 aliphatic rings. The van der Waals surface area contributed by atoms with Crippen LogP contribution < -0.4 is 14.2 Å². The van der Waals surface area contributed by atoms with Crippen molar-refractivity contribution in [2.45, 2.75) is 12.7 Å². The van der Waals surface area contributed by atoms with Gasteiger partial charge in [-0.1, -0.05) is 6.58 Å². The van der Waals surface area contributed by atoms with Crippen LogP contribution in [0.1, 0.15) is 18.1 Å². The van der Waals surface area contributed by atoms with Gasteiger partial charge < -0.3 is 28.4 Å². The second kappa shape index (κ2) is 9.65. The third-order valence-corrected chi connectivity index (χ3v) is 4.63. The molecule has 1 fully saturated rings. The molecule has 0 radical (unpaired) electrons. The smallest absolute Gasteiger partial charge is 0.333 e. The highest BCUT2D eigenvalue weighted by atomic mass is 16.7. The van der Waals surface area contributed by atoms with Gasteiger partial charge in [-0.05, 0) is 43.3 Å². The number of hydrogen-bond donors (Lipinski definition) is 0. The summed E-state index contributed by atoms with van der Waals surface area (Å²) in [4.78, 5) is 11.4. The molecule has 0 saturated carbocycles. The fourth-order valence-corrected chi connectivity index (χ4v) is 3.15. The van der Waals surface area contributed by atoms with E-state index in [2.05, 4.69) is 6.58 Å². The first-order valence-corrected chi connectivity index (χ1v) is 9.56. The summed E-state index contributed by atoms with van der Waals surface area (Å²) in [6.07, 6.45) is 0. The normalized spacial score (nSPS) is 14.8. The van der Waals surface area contributed by atoms with Crippen LogP contribution in [0.25, 0.3) is 0 Å². The SMILES string of the molecule is C=C(C)C(=O)OCCOc1ccc(C2(c3ccc(OC)cc3OC)OCCO2)cc1. The number of carbonyl (C=O) groups excluding carboxylic acids is 1. The number of esters is 1. The van der Waals surface area contributed by atoms with Gasteiger partial charge >= 0.3 is 5.97 Å². The number of ether oxygens (including phenoxy) is 6. The zero-order valence-corrected chi connectivity index (χ0v) is 17.4. The Balaban J connectivity index is 1.76. The molecule has 0 unspecified atom stereocenters. The standard InChI is InChI=1S/C23H26O7/c1-16(2)22(24)28-12-11-27-18-7-5-17(6-8-18)23(29-13-14-30-23)20-10-9-19(25-3)15-21(20)26-4/h5-10,15H,1,11-14H2,2-4H3. The number of benzene rings is 2. The molecule has 0 N–H and O–H groups in total. The molecule has 0 atom stereocenters. The summed E-state index contributed by atoms with van der Waals surface area (Å²) in [5, 5.41) is 0. The van der Waals surface area contributed by atoms with Gasteiger partial charge in [-0.2, -0.15) is 0 Å². The topological polar surface area (TPSA) is 72.5 Å². The quantitative estimate of drug-likeness (QED) is 0.354. The summed E-state index contributed by atoms with van der Waals surface area (Å²) in [5.74, 6) is 0.420. The molecule has 0 aromatic heterocycles. The predicted molar refractivity (Wildman–Crippen MR) is 110 cm³/mol. The van der Waals surface area contributed by atoms with E-state index < -0.39 is 11.8 Å². The minimum absolute atomic E-state index is 0.145. The molecule has 30 heavy (non-hydrogen) atoms. The van der Waals surface area contributed by atoms with Gasteiger partial charge in [0.05, 0.1) is 33.0 Å². The van der Waals surface area contributed by atoms with Crippen molar-refractivity contribution in [2.24, 2.45) is 0 Å². The monoisotopic (exact) mass is 414 g/mol. The second-order valence-electron chi connectivity index (χ2n) is 6.67. The van der Waals surface area contributed by atoms with Gasteiger partial charge in [0.1, 0.15) is 30.5 Å². The number of methoxy groups -OCH3 is 2. The highest BCUT2D eigenvalue weighted by molar-refractivity contribution is 5.86. The summed E-state index contributed by atoms with van der Waals surface area (Å²) in [5.41, 5.74) is 1.92. The molecule has 1 aliphatic heterocycles. The second-order valence-corrected chi connectivity index (χ2v) is 6.67. The van der Waals surface area contributed by atoms with E-state index in [-0.39, 0.29) is 13.2 Å². The Hall–Kier alpha value is -3.03. The molecular formula is C23H26O7. The Morgan fingerprint density at radius 3 is 2.27 bits per heavy atom. The molecule has 0 bridgehead atoms. The third kappa shape index (κ3) is 4.58. The fourth-order valence-electron chi connectivity index (χ4n) is 3.15. The molecule has 2 aromatic rings. The van der Waals surface area contributed by atoms with Crippen LogP contribution in [-0.4, -0.2) is 46.6 Å². The maximum atomic E-state index is 11.4. The summed E-state index contributed by atoms with van der Waals surface area (Å²) >= 11 is 0. The maximum Gasteiger partial charge on any atom is 0.333 e. The van der Waals surface area contributed by atoms with Crippen LogP contribution in [0.3, 0.4) is 0 Å². The molecule has 160 valence electrons. The van der Waals surface area contributed by atoms with Crippen molar-refractivity contribution < 1.29 is 33.2 Å². The Kier molecular flexibility index (Phi) is 6.97. The summed E-state index contributed by atoms with van der Waals surface area (Å²) < 4.78 is 33.6. The van der Waals surface area contributed by atoms with Crippen molar-refractivity contribution in [1.82, 2.24) is 0 Å². The molecule has 7 nitrogen and oxygen atoms in total. The first-order valence-electron chi connectivity index (χ1n) is 9.56. The van der Waals surface area contributed by atoms with E-state index in [1.807, 2.05) is 36.4 Å². The van der Waals surface area contributed by atoms with E-state index >= 15 is 0 Å². The first kappa shape index (κ1) is 21.7. The minimum atomic E-state index is -1.08. The molecule has 2 aromatic carbocycles. The molecule has 0 aliphatic carbocycles. The Morgan fingerprint density at radius 1 is 1.00 bits per heavy atom. The van der Waals surface area contributed by atoms with Crippen LogP contribution in [0.4, 0.5) is 0 Å². The number of rotatable bonds is 9. The van der Waals surface area contributed by atoms with Gasteiger partial charge in [-0.15, -0.1) is 0 Å². The van der Waals surface area contributed by atoms with E-state index in [4.69, 9.17) is 28.4 Å². The number of hydrogen-bond acceptors (Lipinski definition) is 7. The lowest BCUT2D eigenvalue weighted by Crippen LogP contribution is -2.29. The van der Waals surface area contributed by atoms with Gasteiger partial charge in [0, 0.05) is 17.2 Å². The lowest BCUT2D eigenvalue weighted by molar-refractivity contribution is -0.139. The largest absolute Gasteiger partial charge is 0.497 e. The molecule has 0 amide bonds. The lowest BCUT2D eigenvalue weighted by atomic mass is 9.96. The van der Waals surface area contributed by atoms with Crippen molar-refractivity contribution in [2.75, 3.05) is 40.6 Å². The summed E-state index contributed by atoms with van der Waals surface area (Å²) in [6.45, 7) is 6.44. The molecule has 1 saturated heterocycles. The van der Waals surface area contributed by atoms with Gasteiger partial charge in [0.15, 0.2) is 0 Å². The van der Waals surface area contributed by atoms with Crippen LogP contribution in [0.5, 0.6) is 17.2 Å². The van der Waals surface area contributed by atoms with Crippen molar-refractivity contribution in [1.29, 1.82) is 0 Å². The molecule has 7 heteroatoms. The molecule has 0 spiro atoms. The van der Waals surface area contributed by atoms with Crippen molar-refractivity contribution in [3.05, 3.63) is 65.7 Å². The van der Waals surface area contributed by atoms with Crippen LogP contribution >= 0.6 is 0 Å². The predicted octanol–water partition coefficient (Wildman–Crippen LogP) is 3.45. The molecular weight excluding hydrogens is 388 g/mol. The van der Waals surface area contributed by atoms with Gasteiger partial charge in [0.25, 0.3) is 0 Å². The zero-order chi connectivity index (χ0) is 21.6. The van der Waals surface area contributed by atoms with E-state index in [9.17, 15) is 4.79 Å². The van der Waals surface area contributed by atoms with E-state index in [1.54, 1.807) is 27.2 Å². The van der Waals surface area contributed by atoms with Crippen LogP contribution in [0.2, 0.25) is 0 Å². The zero-order valence-electron chi connectivity index (χ0n) is 17.4. The Labute approximate surface area is 176 Å². The van der Waals surface area contributed by atoms with E-state index in [0.717, 1.165) is 11.1 Å². The van der Waals surface area contributed by atoms with Gasteiger partial charge in [0.2, 0.25) is 5.79 Å². The number of carbonyl (C=O) groups is 1. The fraction of sp³-hybridized carbons (Fsp3) is 0.348. The van der Waals surface area contributed by atoms with E-state index in [0.29, 0.717) is 36.0 Å². The third-order valence-electron chi connectivity index (χ3n) is 4.63. The van der Waals surface area contributed by atoms with Crippen LogP contribution in [-0.2, 0) is 24.8 Å². The van der Waals surface area contributed by atoms with Crippen LogP contribution in [0, 0.1) is 0 Å². The highest BCUT2D eigenvalue weighted by Gasteiger charge is 2.43.